The lowest BCUT2D eigenvalue weighted by atomic mass is 10.0. The molecule has 2 amide bonds. The maximum atomic E-state index is 13.0. The van der Waals surface area contributed by atoms with Crippen LogP contribution < -0.4 is 20.6 Å². The Kier molecular flexibility index (Phi) is 6.94. The molecule has 1 saturated heterocycles. The number of amides is 2. The van der Waals surface area contributed by atoms with Crippen LogP contribution in [0.25, 0.3) is 5.65 Å². The Morgan fingerprint density at radius 2 is 2.13 bits per heavy atom. The van der Waals surface area contributed by atoms with E-state index in [9.17, 15) is 32.7 Å². The van der Waals surface area contributed by atoms with E-state index in [4.69, 9.17) is 5.73 Å². The number of aromatic nitrogens is 3. The second-order valence-corrected chi connectivity index (χ2v) is 10.4. The number of hydrogen-bond donors (Lipinski definition) is 2. The molecule has 17 heteroatoms. The molecule has 5 heterocycles. The number of pyridine rings is 1. The Balaban J connectivity index is 1.35. The maximum Gasteiger partial charge on any atom is 0.425 e. The molecule has 3 aromatic rings. The van der Waals surface area contributed by atoms with Crippen molar-refractivity contribution < 1.29 is 41.9 Å². The molecule has 0 radical (unpaired) electrons. The molecule has 2 atom stereocenters. The highest BCUT2D eigenvalue weighted by molar-refractivity contribution is 8.00. The van der Waals surface area contributed by atoms with Crippen LogP contribution in [0.15, 0.2) is 58.6 Å². The first-order chi connectivity index (χ1) is 18.5. The molecule has 0 aromatic carbocycles. The lowest BCUT2D eigenvalue weighted by Gasteiger charge is -2.50. The minimum Gasteiger partial charge on any atom is -0.543 e. The Labute approximate surface area is 225 Å². The van der Waals surface area contributed by atoms with Crippen LogP contribution in [-0.2, 0) is 25.8 Å². The summed E-state index contributed by atoms with van der Waals surface area (Å²) in [5.74, 6) is -3.09. The van der Waals surface area contributed by atoms with Gasteiger partial charge in [-0.2, -0.15) is 13.2 Å². The van der Waals surface area contributed by atoms with Crippen LogP contribution in [0.4, 0.5) is 18.3 Å². The van der Waals surface area contributed by atoms with Crippen molar-refractivity contribution in [3.63, 3.8) is 0 Å². The molecule has 0 spiro atoms. The second-order valence-electron chi connectivity index (χ2n) is 8.39. The number of fused-ring (bicyclic) bond motifs is 2. The Bertz CT molecular complexity index is 1530. The summed E-state index contributed by atoms with van der Waals surface area (Å²) in [5.41, 5.74) is 5.76. The molecule has 2 aliphatic rings. The molecule has 0 aliphatic carbocycles. The number of nitrogen functional groups attached to an aromatic ring is 1. The number of thioether (sulfide) groups is 1. The Morgan fingerprint density at radius 1 is 1.33 bits per heavy atom. The van der Waals surface area contributed by atoms with Gasteiger partial charge < -0.3 is 25.8 Å². The average molecular weight is 582 g/mol. The molecule has 2 aliphatic heterocycles. The number of hydrogen-bond acceptors (Lipinski definition) is 10. The number of thiazole rings is 1. The molecule has 12 nitrogen and oxygen atoms in total. The van der Waals surface area contributed by atoms with E-state index in [1.54, 1.807) is 12.4 Å². The quantitative estimate of drug-likeness (QED) is 0.158. The Hall–Kier alpha value is -4.12. The summed E-state index contributed by atoms with van der Waals surface area (Å²) in [7, 11) is 0. The normalized spacial score (nSPS) is 19.6. The highest BCUT2D eigenvalue weighted by atomic mass is 32.2. The number of carbonyl (C=O) groups is 3. The molecular weight excluding hydrogens is 563 g/mol. The molecule has 0 bridgehead atoms. The summed E-state index contributed by atoms with van der Waals surface area (Å²) in [6.07, 6.45) is 0.719. The summed E-state index contributed by atoms with van der Waals surface area (Å²) < 4.78 is 41.2. The van der Waals surface area contributed by atoms with Gasteiger partial charge in [-0.1, -0.05) is 11.2 Å². The van der Waals surface area contributed by atoms with Crippen molar-refractivity contribution in [1.82, 2.24) is 19.8 Å². The summed E-state index contributed by atoms with van der Waals surface area (Å²) in [4.78, 5) is 47.2. The number of nitrogens with two attached hydrogens (primary N) is 1. The summed E-state index contributed by atoms with van der Waals surface area (Å²) in [5, 5.41) is 18.3. The van der Waals surface area contributed by atoms with Crippen LogP contribution in [0.1, 0.15) is 5.69 Å². The lowest BCUT2D eigenvalue weighted by Crippen LogP contribution is -2.71. The zero-order valence-corrected chi connectivity index (χ0v) is 21.3. The van der Waals surface area contributed by atoms with Crippen molar-refractivity contribution >= 4 is 57.4 Å². The van der Waals surface area contributed by atoms with Gasteiger partial charge in [0, 0.05) is 22.8 Å². The van der Waals surface area contributed by atoms with E-state index in [1.165, 1.54) is 17.1 Å². The van der Waals surface area contributed by atoms with Crippen molar-refractivity contribution in [3.8, 4) is 0 Å². The highest BCUT2D eigenvalue weighted by Crippen LogP contribution is 2.40. The van der Waals surface area contributed by atoms with Crippen molar-refractivity contribution in [2.24, 2.45) is 5.16 Å². The number of aliphatic carboxylic acids is 1. The second kappa shape index (κ2) is 10.2. The fourth-order valence-corrected chi connectivity index (χ4v) is 6.04. The van der Waals surface area contributed by atoms with Gasteiger partial charge in [-0.05, 0) is 6.07 Å². The lowest BCUT2D eigenvalue weighted by molar-refractivity contribution is -0.510. The molecule has 1 fully saturated rings. The third-order valence-corrected chi connectivity index (χ3v) is 7.83. The van der Waals surface area contributed by atoms with Gasteiger partial charge in [-0.25, -0.2) is 14.0 Å². The van der Waals surface area contributed by atoms with Crippen LogP contribution in [-0.4, -0.2) is 67.9 Å². The van der Waals surface area contributed by atoms with Gasteiger partial charge in [-0.3, -0.25) is 14.5 Å². The Morgan fingerprint density at radius 3 is 2.82 bits per heavy atom. The van der Waals surface area contributed by atoms with Crippen LogP contribution in [0.2, 0.25) is 0 Å². The molecule has 5 rings (SSSR count). The topological polar surface area (TPSA) is 159 Å². The number of oxime groups is 1. The van der Waals surface area contributed by atoms with Crippen molar-refractivity contribution in [3.05, 3.63) is 59.1 Å². The van der Waals surface area contributed by atoms with Crippen molar-refractivity contribution in [2.75, 3.05) is 18.1 Å². The number of carbonyl (C=O) groups excluding carboxylic acids is 3. The zero-order valence-electron chi connectivity index (χ0n) is 19.6. The van der Waals surface area contributed by atoms with Gasteiger partial charge in [-0.15, -0.1) is 23.1 Å². The fraction of sp³-hybridized carbons (Fsp3) is 0.273. The van der Waals surface area contributed by atoms with Gasteiger partial charge >= 0.3 is 6.18 Å². The predicted octanol–water partition coefficient (Wildman–Crippen LogP) is -0.347. The van der Waals surface area contributed by atoms with Crippen molar-refractivity contribution in [1.29, 1.82) is 0 Å². The first-order valence-corrected chi connectivity index (χ1v) is 13.1. The summed E-state index contributed by atoms with van der Waals surface area (Å²) in [6.45, 7) is -1.57. The van der Waals surface area contributed by atoms with Crippen LogP contribution in [0.3, 0.4) is 0 Å². The van der Waals surface area contributed by atoms with E-state index < -0.39 is 47.7 Å². The van der Waals surface area contributed by atoms with Gasteiger partial charge in [0.25, 0.3) is 17.5 Å². The SMILES string of the molecule is Nc1nc(/C(=N/OCC(F)(F)F)C(=O)N[C@@H]2C(=O)N3C(C(=O)[O-])=C(Cn4cc[n+]5ccccc45)CS[C@@H]23)cs1. The number of carboxylic acid groups (broad SMARTS) is 1. The van der Waals surface area contributed by atoms with E-state index >= 15 is 0 Å². The van der Waals surface area contributed by atoms with Gasteiger partial charge in [0.15, 0.2) is 10.8 Å². The molecule has 3 N–H and O–H groups in total. The first-order valence-electron chi connectivity index (χ1n) is 11.2. The van der Waals surface area contributed by atoms with Gasteiger partial charge in [0.1, 0.15) is 36.0 Å². The zero-order chi connectivity index (χ0) is 27.9. The standard InChI is InChI=1S/C22H18F3N7O5S2/c23-22(24,25)10-37-29-14(12-9-39-21(26)27-12)17(33)28-15-18(34)32-16(20(35)36)11(8-38-19(15)32)7-31-6-5-30-4-2-1-3-13(30)31/h1-6,9,15,19H,7-8,10H2,(H3-,26,27,28,33,35,36)/b29-14-/t15-,19+/m1/s1. The monoisotopic (exact) mass is 581 g/mol. The molecule has 0 saturated carbocycles. The largest absolute Gasteiger partial charge is 0.543 e. The number of halogens is 3. The van der Waals surface area contributed by atoms with E-state index in [-0.39, 0.29) is 28.8 Å². The van der Waals surface area contributed by atoms with E-state index in [2.05, 4.69) is 20.3 Å². The molecular formula is C22H18F3N7O5S2. The van der Waals surface area contributed by atoms with Gasteiger partial charge in [0.2, 0.25) is 6.61 Å². The number of anilines is 1. The number of imidazole rings is 1. The number of rotatable bonds is 8. The summed E-state index contributed by atoms with van der Waals surface area (Å²) >= 11 is 2.14. The summed E-state index contributed by atoms with van der Waals surface area (Å²) in [6, 6.07) is 4.36. The number of nitrogens with zero attached hydrogens (tertiary/aromatic N) is 5. The van der Waals surface area contributed by atoms with E-state index in [0.29, 0.717) is 5.57 Å². The maximum absolute atomic E-state index is 13.0. The third-order valence-electron chi connectivity index (χ3n) is 5.82. The number of carboxylic acids is 1. The number of alkyl halides is 3. The molecule has 39 heavy (non-hydrogen) atoms. The predicted molar refractivity (Wildman–Crippen MR) is 130 cm³/mol. The van der Waals surface area contributed by atoms with Crippen LogP contribution in [0.5, 0.6) is 0 Å². The first kappa shape index (κ1) is 26.5. The highest BCUT2D eigenvalue weighted by Gasteiger charge is 2.53. The van der Waals surface area contributed by atoms with Crippen LogP contribution >= 0.6 is 23.1 Å². The van der Waals surface area contributed by atoms with E-state index in [0.717, 1.165) is 21.9 Å². The number of nitrogens with one attached hydrogen (secondary N) is 1. The fourth-order valence-electron chi connectivity index (χ4n) is 4.16. The van der Waals surface area contributed by atoms with Crippen molar-refractivity contribution in [2.45, 2.75) is 24.1 Å². The minimum absolute atomic E-state index is 0.0280. The average Bonchev–Trinajstić information content (AvgIpc) is 3.50. The number of β-lactam (4-membered cyclic amide) rings is 1. The molecule has 3 aromatic heterocycles. The van der Waals surface area contributed by atoms with Crippen LogP contribution in [0, 0.1) is 0 Å². The smallest absolute Gasteiger partial charge is 0.425 e. The van der Waals surface area contributed by atoms with E-state index in [1.807, 2.05) is 33.4 Å². The minimum atomic E-state index is -4.70. The third kappa shape index (κ3) is 5.26. The molecule has 0 unspecified atom stereocenters. The van der Waals surface area contributed by atoms with Gasteiger partial charge in [0.05, 0.1) is 17.9 Å². The molecule has 204 valence electrons.